The summed E-state index contributed by atoms with van der Waals surface area (Å²) in [5.41, 5.74) is 0.499. The SMILES string of the molecule is O=C(O)CCC/C=C\C[C@@H]1[C@@H](/C=C/[C@@H](O)COc2cccc(CF)c2)[C@H](O)C[C@@H]1O. The van der Waals surface area contributed by atoms with Crippen LogP contribution in [-0.4, -0.2) is 51.3 Å². The largest absolute Gasteiger partial charge is 0.491 e. The van der Waals surface area contributed by atoms with E-state index in [4.69, 9.17) is 9.84 Å². The Balaban J connectivity index is 1.84. The normalized spacial score (nSPS) is 25.2. The lowest BCUT2D eigenvalue weighted by molar-refractivity contribution is -0.137. The third-order valence-corrected chi connectivity index (χ3v) is 5.28. The molecule has 0 saturated heterocycles. The summed E-state index contributed by atoms with van der Waals surface area (Å²) in [6, 6.07) is 6.59. The third-order valence-electron chi connectivity index (χ3n) is 5.28. The van der Waals surface area contributed by atoms with Gasteiger partial charge in [-0.05, 0) is 42.9 Å². The van der Waals surface area contributed by atoms with Gasteiger partial charge in [-0.15, -0.1) is 0 Å². The van der Waals surface area contributed by atoms with Crippen LogP contribution < -0.4 is 4.74 Å². The summed E-state index contributed by atoms with van der Waals surface area (Å²) in [6.45, 7) is -0.595. The molecule has 1 aromatic rings. The predicted octanol–water partition coefficient (Wildman–Crippen LogP) is 3.01. The van der Waals surface area contributed by atoms with Gasteiger partial charge in [-0.3, -0.25) is 4.79 Å². The van der Waals surface area contributed by atoms with Crippen LogP contribution in [0, 0.1) is 11.8 Å². The second-order valence-electron chi connectivity index (χ2n) is 7.65. The summed E-state index contributed by atoms with van der Waals surface area (Å²) in [4.78, 5) is 10.5. The topological polar surface area (TPSA) is 107 Å². The van der Waals surface area contributed by atoms with Gasteiger partial charge in [-0.25, -0.2) is 4.39 Å². The second kappa shape index (κ2) is 12.5. The van der Waals surface area contributed by atoms with Gasteiger partial charge < -0.3 is 25.2 Å². The minimum absolute atomic E-state index is 0.00818. The van der Waals surface area contributed by atoms with Crippen LogP contribution in [0.5, 0.6) is 5.75 Å². The van der Waals surface area contributed by atoms with Gasteiger partial charge in [0.15, 0.2) is 0 Å². The van der Waals surface area contributed by atoms with Crippen molar-refractivity contribution >= 4 is 5.97 Å². The molecule has 1 aliphatic carbocycles. The Kier molecular flexibility index (Phi) is 10.00. The minimum atomic E-state index is -0.906. The first-order valence-electron chi connectivity index (χ1n) is 10.3. The van der Waals surface area contributed by atoms with Crippen molar-refractivity contribution < 1.29 is 34.3 Å². The maximum atomic E-state index is 12.7. The van der Waals surface area contributed by atoms with Crippen LogP contribution in [0.1, 0.15) is 37.7 Å². The summed E-state index contributed by atoms with van der Waals surface area (Å²) in [5, 5.41) is 39.3. The Morgan fingerprint density at radius 3 is 2.80 bits per heavy atom. The van der Waals surface area contributed by atoms with Crippen LogP contribution in [-0.2, 0) is 11.5 Å². The highest BCUT2D eigenvalue weighted by atomic mass is 19.1. The van der Waals surface area contributed by atoms with Gasteiger partial charge in [0.1, 0.15) is 25.1 Å². The van der Waals surface area contributed by atoms with E-state index in [1.807, 2.05) is 12.2 Å². The molecule has 30 heavy (non-hydrogen) atoms. The van der Waals surface area contributed by atoms with Crippen LogP contribution in [0.25, 0.3) is 0 Å². The van der Waals surface area contributed by atoms with Gasteiger partial charge in [0, 0.05) is 18.8 Å². The highest BCUT2D eigenvalue weighted by molar-refractivity contribution is 5.66. The summed E-state index contributed by atoms with van der Waals surface area (Å²) in [6.07, 6.45) is 6.99. The molecular formula is C23H31FO6. The molecule has 1 fully saturated rings. The van der Waals surface area contributed by atoms with Gasteiger partial charge in [0.05, 0.1) is 12.2 Å². The smallest absolute Gasteiger partial charge is 0.303 e. The molecule has 1 saturated carbocycles. The second-order valence-corrected chi connectivity index (χ2v) is 7.65. The molecule has 6 nitrogen and oxygen atoms in total. The summed E-state index contributed by atoms with van der Waals surface area (Å²) >= 11 is 0. The Morgan fingerprint density at radius 2 is 2.07 bits per heavy atom. The number of hydrogen-bond acceptors (Lipinski definition) is 5. The molecule has 1 aliphatic rings. The number of unbranched alkanes of at least 4 members (excludes halogenated alkanes) is 1. The molecule has 1 aromatic carbocycles. The Hall–Kier alpha value is -2.22. The van der Waals surface area contributed by atoms with Gasteiger partial charge >= 0.3 is 5.97 Å². The van der Waals surface area contributed by atoms with Crippen LogP contribution in [0.4, 0.5) is 4.39 Å². The highest BCUT2D eigenvalue weighted by Crippen LogP contribution is 2.36. The van der Waals surface area contributed by atoms with Crippen LogP contribution in [0.3, 0.4) is 0 Å². The fourth-order valence-electron chi connectivity index (χ4n) is 3.66. The first-order chi connectivity index (χ1) is 14.4. The van der Waals surface area contributed by atoms with Crippen LogP contribution in [0.15, 0.2) is 48.6 Å². The van der Waals surface area contributed by atoms with Crippen molar-refractivity contribution in [2.75, 3.05) is 6.61 Å². The number of benzene rings is 1. The fraction of sp³-hybridized carbons (Fsp3) is 0.522. The number of rotatable bonds is 12. The van der Waals surface area contributed by atoms with E-state index in [2.05, 4.69) is 0 Å². The van der Waals surface area contributed by atoms with E-state index >= 15 is 0 Å². The summed E-state index contributed by atoms with van der Waals surface area (Å²) < 4.78 is 18.2. The molecule has 0 amide bonds. The number of carbonyl (C=O) groups is 1. The molecule has 0 bridgehead atoms. The number of halogens is 1. The number of alkyl halides is 1. The zero-order chi connectivity index (χ0) is 21.9. The van der Waals surface area contributed by atoms with Gasteiger partial charge in [0.2, 0.25) is 0 Å². The van der Waals surface area contributed by atoms with E-state index in [-0.39, 0.29) is 31.3 Å². The lowest BCUT2D eigenvalue weighted by atomic mass is 9.89. The van der Waals surface area contributed by atoms with Crippen molar-refractivity contribution in [2.24, 2.45) is 11.8 Å². The average Bonchev–Trinajstić information content (AvgIpc) is 2.99. The number of aliphatic hydroxyl groups is 3. The standard InChI is InChI=1S/C23H31FO6/c24-14-16-6-5-7-18(12-16)30-15-17(25)10-11-20-19(21(26)13-22(20)27)8-3-1-2-4-9-23(28)29/h1,3,5-7,10-12,17,19-22,25-27H,2,4,8-9,13-15H2,(H,28,29)/b3-1-,11-10+/t17-,19-,20-,21+,22-/m1/s1. The van der Waals surface area contributed by atoms with Crippen molar-refractivity contribution in [2.45, 2.75) is 57.1 Å². The summed E-state index contributed by atoms with van der Waals surface area (Å²) in [7, 11) is 0. The number of aliphatic carboxylic acids is 1. The van der Waals surface area contributed by atoms with Crippen LogP contribution in [0.2, 0.25) is 0 Å². The van der Waals surface area contributed by atoms with Gasteiger partial charge in [0.25, 0.3) is 0 Å². The van der Waals surface area contributed by atoms with E-state index in [1.54, 1.807) is 36.4 Å². The van der Waals surface area contributed by atoms with E-state index in [0.29, 0.717) is 30.6 Å². The molecule has 0 aliphatic heterocycles. The molecular weight excluding hydrogens is 391 g/mol. The molecule has 0 unspecified atom stereocenters. The zero-order valence-electron chi connectivity index (χ0n) is 16.9. The highest BCUT2D eigenvalue weighted by Gasteiger charge is 2.39. The molecule has 166 valence electrons. The van der Waals surface area contributed by atoms with E-state index in [1.165, 1.54) is 0 Å². The maximum absolute atomic E-state index is 12.7. The maximum Gasteiger partial charge on any atom is 0.303 e. The van der Waals surface area contributed by atoms with Crippen molar-refractivity contribution in [1.82, 2.24) is 0 Å². The molecule has 4 N–H and O–H groups in total. The molecule has 7 heteroatoms. The Bertz CT molecular complexity index is 719. The number of allylic oxidation sites excluding steroid dienone is 2. The number of carboxylic acid groups (broad SMARTS) is 1. The fourth-order valence-corrected chi connectivity index (χ4v) is 3.66. The van der Waals surface area contributed by atoms with E-state index in [0.717, 1.165) is 0 Å². The van der Waals surface area contributed by atoms with E-state index in [9.17, 15) is 24.5 Å². The lowest BCUT2D eigenvalue weighted by Crippen LogP contribution is -2.21. The lowest BCUT2D eigenvalue weighted by Gasteiger charge is -2.19. The van der Waals surface area contributed by atoms with Crippen molar-refractivity contribution in [3.8, 4) is 5.75 Å². The Morgan fingerprint density at radius 1 is 1.27 bits per heavy atom. The monoisotopic (exact) mass is 422 g/mol. The predicted molar refractivity (Wildman–Crippen MR) is 111 cm³/mol. The quantitative estimate of drug-likeness (QED) is 0.305. The van der Waals surface area contributed by atoms with Crippen LogP contribution >= 0.6 is 0 Å². The first kappa shape index (κ1) is 24.1. The Labute approximate surface area is 176 Å². The first-order valence-corrected chi connectivity index (χ1v) is 10.3. The van der Waals surface area contributed by atoms with Crippen molar-refractivity contribution in [1.29, 1.82) is 0 Å². The molecule has 0 heterocycles. The molecule has 2 rings (SSSR count). The van der Waals surface area contributed by atoms with Gasteiger partial charge in [-0.2, -0.15) is 0 Å². The minimum Gasteiger partial charge on any atom is -0.491 e. The summed E-state index contributed by atoms with van der Waals surface area (Å²) in [5.74, 6) is -0.824. The molecule has 0 aromatic heterocycles. The third kappa shape index (κ3) is 7.89. The number of aliphatic hydroxyl groups excluding tert-OH is 3. The van der Waals surface area contributed by atoms with Gasteiger partial charge in [-0.1, -0.05) is 36.4 Å². The average molecular weight is 422 g/mol. The number of hydrogen-bond donors (Lipinski definition) is 4. The molecule has 0 radical (unpaired) electrons. The number of ether oxygens (including phenoxy) is 1. The molecule has 5 atom stereocenters. The van der Waals surface area contributed by atoms with Crippen molar-refractivity contribution in [3.63, 3.8) is 0 Å². The number of carboxylic acids is 1. The van der Waals surface area contributed by atoms with E-state index < -0.39 is 31.0 Å². The van der Waals surface area contributed by atoms with Crippen molar-refractivity contribution in [3.05, 3.63) is 54.1 Å². The zero-order valence-corrected chi connectivity index (χ0v) is 16.9. The molecule has 0 spiro atoms.